The second-order valence-corrected chi connectivity index (χ2v) is 4.94. The third kappa shape index (κ3) is 3.76. The van der Waals surface area contributed by atoms with Gasteiger partial charge in [0.1, 0.15) is 6.23 Å². The molecule has 0 spiro atoms. The van der Waals surface area contributed by atoms with Gasteiger partial charge in [0, 0.05) is 44.0 Å². The van der Waals surface area contributed by atoms with Crippen LogP contribution in [0, 0.1) is 6.58 Å². The van der Waals surface area contributed by atoms with E-state index in [2.05, 4.69) is 15.0 Å². The zero-order chi connectivity index (χ0) is 15.6. The molecule has 1 aromatic heterocycles. The number of H-pyrrole nitrogens is 1. The predicted molar refractivity (Wildman–Crippen MR) is 76.5 cm³/mol. The predicted octanol–water partition coefficient (Wildman–Crippen LogP) is 1.75. The van der Waals surface area contributed by atoms with Crippen LogP contribution < -0.4 is 11.2 Å². The van der Waals surface area contributed by atoms with E-state index in [0.29, 0.717) is 18.4 Å². The Hall–Kier alpha value is -1.21. The number of rotatable bonds is 4. The largest absolute Gasteiger partial charge is 0.354 e. The number of allylic oxidation sites excluding steroid dienone is 1. The molecule has 0 aliphatic carbocycles. The number of aromatic nitrogens is 2. The fourth-order valence-corrected chi connectivity index (χ4v) is 2.42. The molecule has 0 bridgehead atoms. The van der Waals surface area contributed by atoms with Gasteiger partial charge in [0.2, 0.25) is 0 Å². The number of nitrogens with one attached hydrogen (secondary N) is 1. The van der Waals surface area contributed by atoms with Crippen molar-refractivity contribution in [1.82, 2.24) is 9.55 Å². The van der Waals surface area contributed by atoms with Gasteiger partial charge in [0.15, 0.2) is 5.56 Å². The molecular formula is C13H16N5O3Y-. The summed E-state index contributed by atoms with van der Waals surface area (Å²) in [4.78, 5) is 28.6. The molecule has 115 valence electrons. The van der Waals surface area contributed by atoms with Crippen molar-refractivity contribution >= 4 is 5.57 Å². The second kappa shape index (κ2) is 7.88. The van der Waals surface area contributed by atoms with E-state index in [9.17, 15) is 9.59 Å². The average Bonchev–Trinajstić information content (AvgIpc) is 2.81. The van der Waals surface area contributed by atoms with Crippen LogP contribution in [0.5, 0.6) is 0 Å². The van der Waals surface area contributed by atoms with Gasteiger partial charge in [-0.25, -0.2) is 10.4 Å². The number of hydrogen-bond donors (Lipinski definition) is 1. The SMILES string of the molecule is [CH-]=C(C)c1cn([C@H]2C[C@@H](N=[N+]=[N-])[C@@H](CC)O2)c(=O)[nH]c1=O.[Y]. The molecule has 2 heterocycles. The molecule has 0 saturated carbocycles. The van der Waals surface area contributed by atoms with Gasteiger partial charge in [-0.1, -0.05) is 30.7 Å². The molecule has 0 unspecified atom stereocenters. The molecule has 8 nitrogen and oxygen atoms in total. The fraction of sp³-hybridized carbons (Fsp3) is 0.538. The Morgan fingerprint density at radius 2 is 2.32 bits per heavy atom. The van der Waals surface area contributed by atoms with E-state index in [1.165, 1.54) is 10.8 Å². The van der Waals surface area contributed by atoms with Crippen molar-refractivity contribution in [3.8, 4) is 0 Å². The van der Waals surface area contributed by atoms with Crippen molar-refractivity contribution in [3.63, 3.8) is 0 Å². The monoisotopic (exact) mass is 379 g/mol. The Balaban J connectivity index is 0.00000242. The quantitative estimate of drug-likeness (QED) is 0.372. The summed E-state index contributed by atoms with van der Waals surface area (Å²) in [7, 11) is 0. The zero-order valence-electron chi connectivity index (χ0n) is 12.4. The third-order valence-electron chi connectivity index (χ3n) is 3.51. The van der Waals surface area contributed by atoms with E-state index in [1.54, 1.807) is 6.92 Å². The maximum absolute atomic E-state index is 11.9. The topological polar surface area (TPSA) is 113 Å². The van der Waals surface area contributed by atoms with E-state index in [0.717, 1.165) is 0 Å². The van der Waals surface area contributed by atoms with Gasteiger partial charge < -0.3 is 4.74 Å². The average molecular weight is 379 g/mol. The Morgan fingerprint density at radius 3 is 2.86 bits per heavy atom. The third-order valence-corrected chi connectivity index (χ3v) is 3.51. The number of hydrogen-bond acceptors (Lipinski definition) is 4. The summed E-state index contributed by atoms with van der Waals surface area (Å²) < 4.78 is 7.02. The first kappa shape index (κ1) is 18.8. The van der Waals surface area contributed by atoms with E-state index < -0.39 is 17.5 Å². The summed E-state index contributed by atoms with van der Waals surface area (Å²) in [5.41, 5.74) is 7.99. The maximum Gasteiger partial charge on any atom is 0.327 e. The Bertz CT molecular complexity index is 719. The number of ether oxygens (including phenoxy) is 1. The van der Waals surface area contributed by atoms with Crippen LogP contribution in [-0.4, -0.2) is 21.7 Å². The molecule has 1 radical (unpaired) electrons. The molecule has 1 aliphatic rings. The zero-order valence-corrected chi connectivity index (χ0v) is 15.2. The van der Waals surface area contributed by atoms with Crippen LogP contribution in [0.3, 0.4) is 0 Å². The fourth-order valence-electron chi connectivity index (χ4n) is 2.42. The summed E-state index contributed by atoms with van der Waals surface area (Å²) in [6.07, 6.45) is 1.57. The molecular weight excluding hydrogens is 363 g/mol. The molecule has 1 aliphatic heterocycles. The minimum absolute atomic E-state index is 0. The van der Waals surface area contributed by atoms with Gasteiger partial charge in [0.05, 0.1) is 12.1 Å². The minimum Gasteiger partial charge on any atom is -0.354 e. The summed E-state index contributed by atoms with van der Waals surface area (Å²) in [6, 6.07) is -0.338. The van der Waals surface area contributed by atoms with Crippen LogP contribution in [0.4, 0.5) is 0 Å². The minimum atomic E-state index is -0.590. The van der Waals surface area contributed by atoms with Crippen molar-refractivity contribution in [3.05, 3.63) is 49.6 Å². The van der Waals surface area contributed by atoms with Crippen LogP contribution in [0.1, 0.15) is 38.5 Å². The van der Waals surface area contributed by atoms with Crippen LogP contribution in [0.25, 0.3) is 16.0 Å². The van der Waals surface area contributed by atoms with Crippen LogP contribution >= 0.6 is 0 Å². The van der Waals surface area contributed by atoms with Crippen molar-refractivity contribution in [2.75, 3.05) is 0 Å². The summed E-state index contributed by atoms with van der Waals surface area (Å²) in [6.45, 7) is 9.12. The molecule has 22 heavy (non-hydrogen) atoms. The molecule has 2 rings (SSSR count). The number of azide groups is 1. The molecule has 0 aromatic carbocycles. The molecule has 1 saturated heterocycles. The second-order valence-electron chi connectivity index (χ2n) is 4.94. The van der Waals surface area contributed by atoms with Crippen LogP contribution in [-0.2, 0) is 37.4 Å². The first-order chi connectivity index (χ1) is 9.97. The standard InChI is InChI=1S/C13H16N5O3.Y/c1-4-10-9(16-17-14)5-11(21-10)18-6-8(7(2)3)12(19)15-13(18)20;/h2,6,9-11H,4-5H2,1,3H3,(H,15,19,20);/q-1;/t9-,10-,11-;/m1./s1. The van der Waals surface area contributed by atoms with E-state index in [-0.39, 0.29) is 50.4 Å². The molecule has 0 amide bonds. The van der Waals surface area contributed by atoms with Gasteiger partial charge in [-0.15, -0.1) is 0 Å². The van der Waals surface area contributed by atoms with Gasteiger partial charge in [-0.3, -0.25) is 20.9 Å². The van der Waals surface area contributed by atoms with Crippen molar-refractivity contribution in [2.24, 2.45) is 5.11 Å². The summed E-state index contributed by atoms with van der Waals surface area (Å²) >= 11 is 0. The van der Waals surface area contributed by atoms with Crippen LogP contribution in [0.2, 0.25) is 0 Å². The van der Waals surface area contributed by atoms with E-state index >= 15 is 0 Å². The molecule has 9 heteroatoms. The maximum atomic E-state index is 11.9. The smallest absolute Gasteiger partial charge is 0.327 e. The summed E-state index contributed by atoms with van der Waals surface area (Å²) in [5.74, 6) is 0. The van der Waals surface area contributed by atoms with Crippen molar-refractivity contribution in [1.29, 1.82) is 0 Å². The van der Waals surface area contributed by atoms with Gasteiger partial charge in [0.25, 0.3) is 0 Å². The summed E-state index contributed by atoms with van der Waals surface area (Å²) in [5, 5.41) is 3.69. The Morgan fingerprint density at radius 1 is 1.64 bits per heavy atom. The first-order valence-electron chi connectivity index (χ1n) is 6.62. The van der Waals surface area contributed by atoms with Crippen molar-refractivity contribution < 1.29 is 37.4 Å². The first-order valence-corrected chi connectivity index (χ1v) is 6.62. The van der Waals surface area contributed by atoms with E-state index in [1.807, 2.05) is 6.92 Å². The molecule has 1 fully saturated rings. The molecule has 1 N–H and O–H groups in total. The number of nitrogens with zero attached hydrogens (tertiary/aromatic N) is 4. The normalized spacial score (nSPS) is 23.5. The van der Waals surface area contributed by atoms with Gasteiger partial charge in [-0.2, -0.15) is 0 Å². The van der Waals surface area contributed by atoms with Gasteiger partial charge in [-0.05, 0) is 12.0 Å². The van der Waals surface area contributed by atoms with Crippen molar-refractivity contribution in [2.45, 2.75) is 45.1 Å². The molecule has 1 aromatic rings. The van der Waals surface area contributed by atoms with Gasteiger partial charge >= 0.3 is 5.69 Å². The molecule has 3 atom stereocenters. The van der Waals surface area contributed by atoms with E-state index in [4.69, 9.17) is 16.8 Å². The van der Waals surface area contributed by atoms with Crippen LogP contribution in [0.15, 0.2) is 20.9 Å². The Kier molecular flexibility index (Phi) is 6.75. The Labute approximate surface area is 152 Å². The number of aromatic amines is 1.